The first-order valence-electron chi connectivity index (χ1n) is 7.66. The predicted molar refractivity (Wildman–Crippen MR) is 84.0 cm³/mol. The number of benzene rings is 2. The molecule has 1 aliphatic rings. The second kappa shape index (κ2) is 6.57. The minimum absolute atomic E-state index is 0.235. The quantitative estimate of drug-likeness (QED) is 0.767. The molecule has 2 aromatic rings. The normalized spacial score (nSPS) is 13.3. The van der Waals surface area contributed by atoms with Gasteiger partial charge in [0.05, 0.1) is 6.61 Å². The molecule has 0 bridgehead atoms. The van der Waals surface area contributed by atoms with E-state index in [0.717, 1.165) is 43.6 Å². The van der Waals surface area contributed by atoms with E-state index < -0.39 is 0 Å². The molecule has 0 unspecified atom stereocenters. The molecule has 108 valence electrons. The van der Waals surface area contributed by atoms with E-state index in [0.29, 0.717) is 6.42 Å². The molecule has 1 heterocycles. The molecule has 0 amide bonds. The monoisotopic (exact) mass is 280 g/mol. The summed E-state index contributed by atoms with van der Waals surface area (Å²) in [5, 5.41) is 0. The van der Waals surface area contributed by atoms with Crippen LogP contribution in [0.2, 0.25) is 0 Å². The van der Waals surface area contributed by atoms with Crippen molar-refractivity contribution in [2.45, 2.75) is 32.1 Å². The third kappa shape index (κ3) is 3.52. The first-order chi connectivity index (χ1) is 10.3. The molecule has 0 saturated heterocycles. The number of hydrogen-bond acceptors (Lipinski definition) is 2. The van der Waals surface area contributed by atoms with Crippen molar-refractivity contribution in [1.82, 2.24) is 0 Å². The first-order valence-corrected chi connectivity index (χ1v) is 7.66. The third-order valence-electron chi connectivity index (χ3n) is 3.94. The maximum atomic E-state index is 12.3. The molecular weight excluding hydrogens is 260 g/mol. The van der Waals surface area contributed by atoms with E-state index in [1.165, 1.54) is 11.1 Å². The number of ether oxygens (including phenoxy) is 1. The number of fused-ring (bicyclic) bond motifs is 1. The van der Waals surface area contributed by atoms with E-state index in [2.05, 4.69) is 12.1 Å². The Morgan fingerprint density at radius 3 is 2.81 bits per heavy atom. The summed E-state index contributed by atoms with van der Waals surface area (Å²) in [6.45, 7) is 0.789. The summed E-state index contributed by atoms with van der Waals surface area (Å²) in [5.41, 5.74) is 3.30. The van der Waals surface area contributed by atoms with Crippen molar-refractivity contribution in [1.29, 1.82) is 0 Å². The number of rotatable bonds is 5. The van der Waals surface area contributed by atoms with Crippen molar-refractivity contribution < 1.29 is 9.53 Å². The molecule has 2 heteroatoms. The minimum Gasteiger partial charge on any atom is -0.493 e. The molecule has 0 fully saturated rings. The number of carbonyl (C=O) groups is 1. The molecule has 0 aromatic heterocycles. The molecular formula is C19H20O2. The summed E-state index contributed by atoms with van der Waals surface area (Å²) in [5.74, 6) is 1.18. The van der Waals surface area contributed by atoms with Gasteiger partial charge in [-0.15, -0.1) is 0 Å². The Hall–Kier alpha value is -2.09. The van der Waals surface area contributed by atoms with Crippen LogP contribution < -0.4 is 4.74 Å². The van der Waals surface area contributed by atoms with Gasteiger partial charge in [0.2, 0.25) is 0 Å². The lowest BCUT2D eigenvalue weighted by Gasteiger charge is -2.17. The van der Waals surface area contributed by atoms with E-state index >= 15 is 0 Å². The van der Waals surface area contributed by atoms with E-state index in [1.807, 2.05) is 36.4 Å². The van der Waals surface area contributed by atoms with Crippen molar-refractivity contribution >= 4 is 5.78 Å². The Morgan fingerprint density at radius 1 is 1.10 bits per heavy atom. The number of ketones is 1. The van der Waals surface area contributed by atoms with Crippen molar-refractivity contribution in [3.63, 3.8) is 0 Å². The Bertz CT molecular complexity index is 617. The summed E-state index contributed by atoms with van der Waals surface area (Å²) in [6.07, 6.45) is 4.52. The van der Waals surface area contributed by atoms with Gasteiger partial charge < -0.3 is 4.74 Å². The second-order valence-electron chi connectivity index (χ2n) is 5.54. The number of carbonyl (C=O) groups excluding carboxylic acids is 1. The lowest BCUT2D eigenvalue weighted by molar-refractivity contribution is 0.0980. The largest absolute Gasteiger partial charge is 0.493 e. The lowest BCUT2D eigenvalue weighted by Crippen LogP contribution is -2.09. The van der Waals surface area contributed by atoms with Crippen LogP contribution in [0.4, 0.5) is 0 Å². The van der Waals surface area contributed by atoms with Gasteiger partial charge in [0, 0.05) is 12.0 Å². The van der Waals surface area contributed by atoms with Crippen LogP contribution >= 0.6 is 0 Å². The SMILES string of the molecule is O=C(CCCc1ccccc1)c1ccc2c(c1)CCCO2. The van der Waals surface area contributed by atoms with Crippen LogP contribution in [0.5, 0.6) is 5.75 Å². The summed E-state index contributed by atoms with van der Waals surface area (Å²) in [6, 6.07) is 16.2. The topological polar surface area (TPSA) is 26.3 Å². The predicted octanol–water partition coefficient (Wildman–Crippen LogP) is 4.22. The van der Waals surface area contributed by atoms with Crippen molar-refractivity contribution in [3.05, 3.63) is 65.2 Å². The zero-order valence-corrected chi connectivity index (χ0v) is 12.2. The van der Waals surface area contributed by atoms with E-state index in [1.54, 1.807) is 0 Å². The molecule has 2 aromatic carbocycles. The number of Topliss-reactive ketones (excluding diaryl/α,β-unsaturated/α-hetero) is 1. The van der Waals surface area contributed by atoms with Crippen LogP contribution in [-0.4, -0.2) is 12.4 Å². The minimum atomic E-state index is 0.235. The van der Waals surface area contributed by atoms with Gasteiger partial charge in [-0.3, -0.25) is 4.79 Å². The standard InChI is InChI=1S/C19H20O2/c20-18(10-4-8-15-6-2-1-3-7-15)16-11-12-19-17(14-16)9-5-13-21-19/h1-3,6-7,11-12,14H,4-5,8-10,13H2. The summed E-state index contributed by atoms with van der Waals surface area (Å²) in [7, 11) is 0. The fourth-order valence-electron chi connectivity index (χ4n) is 2.78. The Labute approximate surface area is 125 Å². The van der Waals surface area contributed by atoms with Crippen LogP contribution in [0.1, 0.15) is 40.7 Å². The molecule has 1 aliphatic heterocycles. The average molecular weight is 280 g/mol. The maximum Gasteiger partial charge on any atom is 0.162 e. The van der Waals surface area contributed by atoms with Gasteiger partial charge in [-0.1, -0.05) is 30.3 Å². The highest BCUT2D eigenvalue weighted by Gasteiger charge is 2.13. The molecule has 0 saturated carbocycles. The summed E-state index contributed by atoms with van der Waals surface area (Å²) in [4.78, 5) is 12.3. The lowest BCUT2D eigenvalue weighted by atomic mass is 9.98. The molecule has 3 rings (SSSR count). The smallest absolute Gasteiger partial charge is 0.162 e. The van der Waals surface area contributed by atoms with Gasteiger partial charge in [-0.25, -0.2) is 0 Å². The highest BCUT2D eigenvalue weighted by atomic mass is 16.5. The number of aryl methyl sites for hydroxylation is 2. The molecule has 0 aliphatic carbocycles. The number of hydrogen-bond donors (Lipinski definition) is 0. The van der Waals surface area contributed by atoms with Crippen LogP contribution in [0.3, 0.4) is 0 Å². The van der Waals surface area contributed by atoms with Gasteiger partial charge in [0.25, 0.3) is 0 Å². The van der Waals surface area contributed by atoms with Crippen LogP contribution in [-0.2, 0) is 12.8 Å². The first kappa shape index (κ1) is 13.9. The van der Waals surface area contributed by atoms with Crippen molar-refractivity contribution in [2.75, 3.05) is 6.61 Å². The fourth-order valence-corrected chi connectivity index (χ4v) is 2.78. The second-order valence-corrected chi connectivity index (χ2v) is 5.54. The van der Waals surface area contributed by atoms with Gasteiger partial charge in [0.1, 0.15) is 5.75 Å². The average Bonchev–Trinajstić information content (AvgIpc) is 2.55. The maximum absolute atomic E-state index is 12.3. The Balaban J connectivity index is 1.58. The third-order valence-corrected chi connectivity index (χ3v) is 3.94. The summed E-state index contributed by atoms with van der Waals surface area (Å²) < 4.78 is 5.59. The zero-order chi connectivity index (χ0) is 14.5. The van der Waals surface area contributed by atoms with E-state index in [-0.39, 0.29) is 5.78 Å². The van der Waals surface area contributed by atoms with Gasteiger partial charge in [-0.05, 0) is 55.0 Å². The molecule has 0 spiro atoms. The van der Waals surface area contributed by atoms with Gasteiger partial charge >= 0.3 is 0 Å². The Morgan fingerprint density at radius 2 is 1.95 bits per heavy atom. The molecule has 21 heavy (non-hydrogen) atoms. The fraction of sp³-hybridized carbons (Fsp3) is 0.316. The van der Waals surface area contributed by atoms with E-state index in [9.17, 15) is 4.79 Å². The van der Waals surface area contributed by atoms with E-state index in [4.69, 9.17) is 4.74 Å². The van der Waals surface area contributed by atoms with Gasteiger partial charge in [0.15, 0.2) is 5.78 Å². The van der Waals surface area contributed by atoms with Crippen molar-refractivity contribution in [2.24, 2.45) is 0 Å². The molecule has 0 atom stereocenters. The molecule has 0 radical (unpaired) electrons. The highest BCUT2D eigenvalue weighted by Crippen LogP contribution is 2.26. The van der Waals surface area contributed by atoms with Gasteiger partial charge in [-0.2, -0.15) is 0 Å². The zero-order valence-electron chi connectivity index (χ0n) is 12.2. The molecule has 2 nitrogen and oxygen atoms in total. The van der Waals surface area contributed by atoms with Crippen LogP contribution in [0.15, 0.2) is 48.5 Å². The van der Waals surface area contributed by atoms with Crippen LogP contribution in [0, 0.1) is 0 Å². The Kier molecular flexibility index (Phi) is 4.34. The van der Waals surface area contributed by atoms with Crippen molar-refractivity contribution in [3.8, 4) is 5.75 Å². The highest BCUT2D eigenvalue weighted by molar-refractivity contribution is 5.96. The molecule has 0 N–H and O–H groups in total. The summed E-state index contributed by atoms with van der Waals surface area (Å²) >= 11 is 0. The van der Waals surface area contributed by atoms with Crippen LogP contribution in [0.25, 0.3) is 0 Å².